The van der Waals surface area contributed by atoms with E-state index in [2.05, 4.69) is 0 Å². The molecule has 110 valence electrons. The van der Waals surface area contributed by atoms with Crippen LogP contribution in [0.4, 0.5) is 0 Å². The molecular formula is C12H15NO5S2. The lowest BCUT2D eigenvalue weighted by Gasteiger charge is -2.30. The first kappa shape index (κ1) is 14.0. The van der Waals surface area contributed by atoms with Gasteiger partial charge in [0, 0.05) is 18.0 Å². The molecule has 0 amide bonds. The van der Waals surface area contributed by atoms with Gasteiger partial charge in [-0.05, 0) is 25.0 Å². The van der Waals surface area contributed by atoms with Crippen LogP contribution in [0, 0.1) is 0 Å². The van der Waals surface area contributed by atoms with Gasteiger partial charge in [0.05, 0.1) is 18.6 Å². The number of thiophene rings is 1. The number of morpholine rings is 1. The molecule has 0 spiro atoms. The molecule has 2 unspecified atom stereocenters. The highest BCUT2D eigenvalue weighted by Crippen LogP contribution is 2.32. The minimum Gasteiger partial charge on any atom is -0.481 e. The van der Waals surface area contributed by atoms with Gasteiger partial charge >= 0.3 is 5.97 Å². The Bertz CT molecular complexity index is 612. The largest absolute Gasteiger partial charge is 0.481 e. The van der Waals surface area contributed by atoms with Crippen molar-refractivity contribution in [1.82, 2.24) is 4.31 Å². The van der Waals surface area contributed by atoms with Gasteiger partial charge in [0.1, 0.15) is 4.21 Å². The van der Waals surface area contributed by atoms with Crippen molar-refractivity contribution >= 4 is 27.3 Å². The average Bonchev–Trinajstić information content (AvgIpc) is 2.96. The van der Waals surface area contributed by atoms with Gasteiger partial charge in [0.15, 0.2) is 0 Å². The van der Waals surface area contributed by atoms with Gasteiger partial charge in [0.2, 0.25) is 0 Å². The molecule has 0 aromatic carbocycles. The van der Waals surface area contributed by atoms with E-state index in [4.69, 9.17) is 9.84 Å². The van der Waals surface area contributed by atoms with Crippen molar-refractivity contribution in [2.24, 2.45) is 0 Å². The number of aliphatic carboxylic acids is 1. The molecule has 2 saturated heterocycles. The van der Waals surface area contributed by atoms with E-state index in [9.17, 15) is 13.2 Å². The van der Waals surface area contributed by atoms with Gasteiger partial charge in [-0.15, -0.1) is 11.3 Å². The maximum absolute atomic E-state index is 12.5. The second kappa shape index (κ2) is 5.10. The summed E-state index contributed by atoms with van der Waals surface area (Å²) in [6, 6.07) is 3.07. The van der Waals surface area contributed by atoms with Crippen LogP contribution in [0.1, 0.15) is 17.7 Å². The van der Waals surface area contributed by atoms with Gasteiger partial charge in [0.25, 0.3) is 10.0 Å². The molecule has 3 rings (SSSR count). The van der Waals surface area contributed by atoms with Crippen molar-refractivity contribution in [1.29, 1.82) is 0 Å². The maximum atomic E-state index is 12.5. The van der Waals surface area contributed by atoms with Crippen molar-refractivity contribution in [3.63, 3.8) is 0 Å². The summed E-state index contributed by atoms with van der Waals surface area (Å²) in [5, 5.41) is 8.74. The predicted octanol–water partition coefficient (Wildman–Crippen LogP) is 0.927. The third-order valence-electron chi connectivity index (χ3n) is 3.57. The minimum absolute atomic E-state index is 0.00183. The molecule has 0 saturated carbocycles. The fourth-order valence-corrected chi connectivity index (χ4v) is 5.65. The van der Waals surface area contributed by atoms with E-state index in [-0.39, 0.29) is 22.8 Å². The van der Waals surface area contributed by atoms with E-state index in [1.165, 1.54) is 10.4 Å². The molecule has 2 atom stereocenters. The van der Waals surface area contributed by atoms with Crippen LogP contribution in [0.3, 0.4) is 0 Å². The van der Waals surface area contributed by atoms with Crippen LogP contribution in [0.2, 0.25) is 0 Å². The molecule has 2 aliphatic heterocycles. The number of nitrogens with zero attached hydrogens (tertiary/aromatic N) is 1. The molecule has 8 heteroatoms. The molecule has 2 bridgehead atoms. The predicted molar refractivity (Wildman–Crippen MR) is 72.3 cm³/mol. The number of carboxylic acids is 1. The Morgan fingerprint density at radius 1 is 1.35 bits per heavy atom. The second-order valence-electron chi connectivity index (χ2n) is 5.07. The van der Waals surface area contributed by atoms with E-state index < -0.39 is 16.0 Å². The number of fused-ring (bicyclic) bond motifs is 2. The highest BCUT2D eigenvalue weighted by Gasteiger charge is 2.39. The van der Waals surface area contributed by atoms with Crippen LogP contribution >= 0.6 is 11.3 Å². The summed E-state index contributed by atoms with van der Waals surface area (Å²) in [4.78, 5) is 11.2. The molecule has 1 aromatic heterocycles. The lowest BCUT2D eigenvalue weighted by Crippen LogP contribution is -2.45. The minimum atomic E-state index is -3.52. The van der Waals surface area contributed by atoms with Crippen LogP contribution < -0.4 is 0 Å². The third kappa shape index (κ3) is 2.60. The van der Waals surface area contributed by atoms with E-state index in [1.54, 1.807) is 6.07 Å². The summed E-state index contributed by atoms with van der Waals surface area (Å²) in [7, 11) is -3.52. The summed E-state index contributed by atoms with van der Waals surface area (Å²) in [5.74, 6) is -0.958. The first-order chi connectivity index (χ1) is 9.45. The summed E-state index contributed by atoms with van der Waals surface area (Å²) in [6.45, 7) is 0.788. The molecular weight excluding hydrogens is 302 g/mol. The number of carbonyl (C=O) groups is 1. The third-order valence-corrected chi connectivity index (χ3v) is 6.95. The van der Waals surface area contributed by atoms with Crippen molar-refractivity contribution in [2.75, 3.05) is 13.1 Å². The van der Waals surface area contributed by atoms with Crippen molar-refractivity contribution in [3.8, 4) is 0 Å². The molecule has 2 fully saturated rings. The summed E-state index contributed by atoms with van der Waals surface area (Å²) in [5.41, 5.74) is 0. The Balaban J connectivity index is 1.81. The maximum Gasteiger partial charge on any atom is 0.308 e. The van der Waals surface area contributed by atoms with Gasteiger partial charge < -0.3 is 9.84 Å². The smallest absolute Gasteiger partial charge is 0.308 e. The summed E-state index contributed by atoms with van der Waals surface area (Å²) >= 11 is 1.03. The number of rotatable bonds is 4. The fourth-order valence-electron chi connectivity index (χ4n) is 2.64. The van der Waals surface area contributed by atoms with Crippen molar-refractivity contribution in [3.05, 3.63) is 17.0 Å². The average molecular weight is 317 g/mol. The number of carboxylic acid groups (broad SMARTS) is 1. The van der Waals surface area contributed by atoms with Gasteiger partial charge in [-0.3, -0.25) is 4.79 Å². The Morgan fingerprint density at radius 2 is 2.00 bits per heavy atom. The fraction of sp³-hybridized carbons (Fsp3) is 0.583. The van der Waals surface area contributed by atoms with E-state index in [0.717, 1.165) is 24.2 Å². The molecule has 2 aliphatic rings. The SMILES string of the molecule is O=C(O)Cc1ccc(S(=O)(=O)N2CC3CCC(C2)O3)s1. The van der Waals surface area contributed by atoms with Crippen molar-refractivity contribution in [2.45, 2.75) is 35.7 Å². The molecule has 0 aliphatic carbocycles. The Labute approximate surface area is 121 Å². The van der Waals surface area contributed by atoms with E-state index in [0.29, 0.717) is 18.0 Å². The lowest BCUT2D eigenvalue weighted by atomic mass is 10.2. The highest BCUT2D eigenvalue weighted by atomic mass is 32.2. The van der Waals surface area contributed by atoms with Crippen LogP contribution in [-0.2, 0) is 26.0 Å². The number of sulfonamides is 1. The summed E-state index contributed by atoms with van der Waals surface area (Å²) in [6.07, 6.45) is 1.68. The molecule has 1 aromatic rings. The normalized spacial score (nSPS) is 26.8. The van der Waals surface area contributed by atoms with Crippen molar-refractivity contribution < 1.29 is 23.1 Å². The van der Waals surface area contributed by atoms with E-state index in [1.807, 2.05) is 0 Å². The zero-order valence-electron chi connectivity index (χ0n) is 10.7. The number of hydrogen-bond acceptors (Lipinski definition) is 5. The number of ether oxygens (including phenoxy) is 1. The zero-order chi connectivity index (χ0) is 14.3. The summed E-state index contributed by atoms with van der Waals surface area (Å²) < 4.78 is 32.4. The molecule has 1 N–H and O–H groups in total. The zero-order valence-corrected chi connectivity index (χ0v) is 12.3. The van der Waals surface area contributed by atoms with Gasteiger partial charge in [-0.2, -0.15) is 4.31 Å². The Kier molecular flexibility index (Phi) is 3.57. The first-order valence-corrected chi connectivity index (χ1v) is 8.67. The Hall–Kier alpha value is -0.960. The standard InChI is InChI=1S/C12H15NO5S2/c14-11(15)5-10-3-4-12(19-10)20(16,17)13-6-8-1-2-9(7-13)18-8/h3-4,8-9H,1-2,5-7H2,(H,14,15). The van der Waals surface area contributed by atoms with Gasteiger partial charge in [-0.1, -0.05) is 0 Å². The van der Waals surface area contributed by atoms with Crippen LogP contribution in [-0.4, -0.2) is 49.1 Å². The Morgan fingerprint density at radius 3 is 2.60 bits per heavy atom. The molecule has 20 heavy (non-hydrogen) atoms. The van der Waals surface area contributed by atoms with E-state index >= 15 is 0 Å². The highest BCUT2D eigenvalue weighted by molar-refractivity contribution is 7.91. The van der Waals surface area contributed by atoms with Crippen LogP contribution in [0.5, 0.6) is 0 Å². The monoisotopic (exact) mass is 317 g/mol. The molecule has 0 radical (unpaired) electrons. The van der Waals surface area contributed by atoms with Crippen LogP contribution in [0.15, 0.2) is 16.3 Å². The topological polar surface area (TPSA) is 83.9 Å². The quantitative estimate of drug-likeness (QED) is 0.893. The molecule has 3 heterocycles. The molecule has 6 nitrogen and oxygen atoms in total. The lowest BCUT2D eigenvalue weighted by molar-refractivity contribution is -0.136. The first-order valence-electron chi connectivity index (χ1n) is 6.41. The van der Waals surface area contributed by atoms with Crippen LogP contribution in [0.25, 0.3) is 0 Å². The second-order valence-corrected chi connectivity index (χ2v) is 8.40. The van der Waals surface area contributed by atoms with Gasteiger partial charge in [-0.25, -0.2) is 8.42 Å². The number of hydrogen-bond donors (Lipinski definition) is 1.